The van der Waals surface area contributed by atoms with E-state index < -0.39 is 23.4 Å². The molecule has 0 aliphatic carbocycles. The number of esters is 1. The molecule has 6 nitrogen and oxygen atoms in total. The van der Waals surface area contributed by atoms with Crippen molar-refractivity contribution in [1.29, 1.82) is 0 Å². The highest BCUT2D eigenvalue weighted by Crippen LogP contribution is 2.23. The first-order valence-electron chi connectivity index (χ1n) is 4.97. The topological polar surface area (TPSA) is 85.2 Å². The van der Waals surface area contributed by atoms with Crippen molar-refractivity contribution >= 4 is 5.97 Å². The van der Waals surface area contributed by atoms with Crippen LogP contribution in [0.1, 0.15) is 20.8 Å². The molecule has 0 amide bonds. The molecule has 16 heavy (non-hydrogen) atoms. The fraction of sp³-hybridized carbons (Fsp3) is 0.700. The minimum absolute atomic E-state index is 0.0653. The lowest BCUT2D eigenvalue weighted by Crippen LogP contribution is -2.51. The molecule has 0 saturated heterocycles. The number of aliphatic hydroxyl groups excluding tert-OH is 1. The van der Waals surface area contributed by atoms with Gasteiger partial charge in [0.2, 0.25) is 5.60 Å². The third kappa shape index (κ3) is 3.19. The van der Waals surface area contributed by atoms with Gasteiger partial charge in [0.25, 0.3) is 0 Å². The molecule has 2 N–H and O–H groups in total. The first kappa shape index (κ1) is 14.9. The van der Waals surface area contributed by atoms with Crippen LogP contribution in [0, 0.1) is 0 Å². The monoisotopic (exact) mass is 234 g/mol. The second-order valence-corrected chi connectivity index (χ2v) is 3.08. The first-order chi connectivity index (χ1) is 7.41. The Morgan fingerprint density at radius 3 is 2.38 bits per heavy atom. The molecule has 0 fully saturated rings. The van der Waals surface area contributed by atoms with Crippen molar-refractivity contribution in [3.05, 3.63) is 12.3 Å². The molecule has 2 atom stereocenters. The van der Waals surface area contributed by atoms with Gasteiger partial charge in [-0.25, -0.2) is 4.79 Å². The van der Waals surface area contributed by atoms with E-state index in [0.717, 1.165) is 0 Å². The van der Waals surface area contributed by atoms with Gasteiger partial charge in [-0.15, -0.1) is 0 Å². The lowest BCUT2D eigenvalue weighted by Gasteiger charge is -2.28. The second-order valence-electron chi connectivity index (χ2n) is 3.08. The number of aliphatic hydroxyl groups is 2. The minimum atomic E-state index is -2.33. The Hall–Kier alpha value is -1.11. The molecular formula is C10H18O6. The average Bonchev–Trinajstić information content (AvgIpc) is 2.24. The van der Waals surface area contributed by atoms with Crippen LogP contribution in [-0.4, -0.2) is 41.1 Å². The fourth-order valence-corrected chi connectivity index (χ4v) is 0.952. The molecule has 0 rings (SSSR count). The Morgan fingerprint density at radius 1 is 1.44 bits per heavy atom. The van der Waals surface area contributed by atoms with Crippen LogP contribution in [0.25, 0.3) is 0 Å². The summed E-state index contributed by atoms with van der Waals surface area (Å²) in [5, 5.41) is 19.3. The SMILES string of the molecule is C=C(OOCC)C(O)(C(=O)OCC)C(C)O. The molecule has 2 unspecified atom stereocenters. The summed E-state index contributed by atoms with van der Waals surface area (Å²) in [4.78, 5) is 20.6. The van der Waals surface area contributed by atoms with Crippen LogP contribution < -0.4 is 0 Å². The summed E-state index contributed by atoms with van der Waals surface area (Å²) < 4.78 is 4.62. The Labute approximate surface area is 94.4 Å². The predicted octanol–water partition coefficient (Wildman–Crippen LogP) is 0.143. The van der Waals surface area contributed by atoms with Gasteiger partial charge in [-0.05, 0) is 20.8 Å². The molecule has 6 heteroatoms. The average molecular weight is 234 g/mol. The highest BCUT2D eigenvalue weighted by atomic mass is 17.2. The molecule has 94 valence electrons. The maximum absolute atomic E-state index is 11.5. The lowest BCUT2D eigenvalue weighted by molar-refractivity contribution is -0.281. The van der Waals surface area contributed by atoms with Gasteiger partial charge in [0.15, 0.2) is 5.76 Å². The highest BCUT2D eigenvalue weighted by Gasteiger charge is 2.48. The van der Waals surface area contributed by atoms with Gasteiger partial charge in [0.05, 0.1) is 19.3 Å². The maximum atomic E-state index is 11.5. The molecule has 0 bridgehead atoms. The zero-order chi connectivity index (χ0) is 12.8. The van der Waals surface area contributed by atoms with Gasteiger partial charge in [-0.2, -0.15) is 4.89 Å². The van der Waals surface area contributed by atoms with E-state index in [0.29, 0.717) is 0 Å². The fourth-order valence-electron chi connectivity index (χ4n) is 0.952. The summed E-state index contributed by atoms with van der Waals surface area (Å²) in [7, 11) is 0. The number of hydrogen-bond acceptors (Lipinski definition) is 6. The number of rotatable bonds is 7. The Balaban J connectivity index is 4.81. The van der Waals surface area contributed by atoms with Gasteiger partial charge in [0.1, 0.15) is 0 Å². The molecule has 0 aliphatic heterocycles. The summed E-state index contributed by atoms with van der Waals surface area (Å²) in [6, 6.07) is 0. The van der Waals surface area contributed by atoms with Crippen LogP contribution in [0.2, 0.25) is 0 Å². The van der Waals surface area contributed by atoms with Crippen molar-refractivity contribution in [3.8, 4) is 0 Å². The van der Waals surface area contributed by atoms with Crippen molar-refractivity contribution in [1.82, 2.24) is 0 Å². The van der Waals surface area contributed by atoms with Gasteiger partial charge in [0, 0.05) is 0 Å². The molecule has 0 aromatic heterocycles. The molecule has 0 aromatic carbocycles. The van der Waals surface area contributed by atoms with Crippen LogP contribution in [0.15, 0.2) is 12.3 Å². The smallest absolute Gasteiger partial charge is 0.349 e. The van der Waals surface area contributed by atoms with Crippen LogP contribution in [0.4, 0.5) is 0 Å². The molecule has 0 aliphatic rings. The van der Waals surface area contributed by atoms with E-state index in [-0.39, 0.29) is 13.2 Å². The van der Waals surface area contributed by atoms with Crippen LogP contribution in [-0.2, 0) is 19.3 Å². The third-order valence-corrected chi connectivity index (χ3v) is 1.89. The van der Waals surface area contributed by atoms with Crippen LogP contribution in [0.5, 0.6) is 0 Å². The van der Waals surface area contributed by atoms with Gasteiger partial charge < -0.3 is 19.8 Å². The maximum Gasteiger partial charge on any atom is 0.349 e. The zero-order valence-corrected chi connectivity index (χ0v) is 9.73. The van der Waals surface area contributed by atoms with E-state index in [1.807, 2.05) is 0 Å². The molecule has 0 heterocycles. The van der Waals surface area contributed by atoms with Gasteiger partial charge >= 0.3 is 5.97 Å². The van der Waals surface area contributed by atoms with E-state index in [1.165, 1.54) is 6.92 Å². The number of hydrogen-bond donors (Lipinski definition) is 2. The van der Waals surface area contributed by atoms with E-state index in [1.54, 1.807) is 13.8 Å². The summed E-state index contributed by atoms with van der Waals surface area (Å²) in [6.45, 7) is 8.05. The number of ether oxygens (including phenoxy) is 1. The molecule has 0 aromatic rings. The standard InChI is InChI=1S/C10H18O6/c1-5-14-9(12)10(13,7(3)11)8(4)16-15-6-2/h7,11,13H,4-6H2,1-3H3. The van der Waals surface area contributed by atoms with E-state index in [4.69, 9.17) is 0 Å². The first-order valence-corrected chi connectivity index (χ1v) is 4.97. The molecule has 0 spiro atoms. The van der Waals surface area contributed by atoms with Crippen molar-refractivity contribution < 1.29 is 29.5 Å². The predicted molar refractivity (Wildman–Crippen MR) is 55.1 cm³/mol. The Morgan fingerprint density at radius 2 is 2.00 bits per heavy atom. The molecular weight excluding hydrogens is 216 g/mol. The molecule has 0 saturated carbocycles. The van der Waals surface area contributed by atoms with Crippen LogP contribution >= 0.6 is 0 Å². The second kappa shape index (κ2) is 6.47. The Bertz CT molecular complexity index is 250. The summed E-state index contributed by atoms with van der Waals surface area (Å²) in [5.41, 5.74) is -2.33. The van der Waals surface area contributed by atoms with Crippen molar-refractivity contribution in [3.63, 3.8) is 0 Å². The minimum Gasteiger partial charge on any atom is -0.463 e. The zero-order valence-electron chi connectivity index (χ0n) is 9.73. The quantitative estimate of drug-likeness (QED) is 0.282. The number of carbonyl (C=O) groups is 1. The normalized spacial score (nSPS) is 16.1. The summed E-state index contributed by atoms with van der Waals surface area (Å²) in [6.07, 6.45) is -1.43. The summed E-state index contributed by atoms with van der Waals surface area (Å²) in [5.74, 6) is -1.45. The van der Waals surface area contributed by atoms with Gasteiger partial charge in [-0.1, -0.05) is 6.58 Å². The Kier molecular flexibility index (Phi) is 6.02. The van der Waals surface area contributed by atoms with E-state index in [9.17, 15) is 15.0 Å². The van der Waals surface area contributed by atoms with Crippen LogP contribution in [0.3, 0.4) is 0 Å². The largest absolute Gasteiger partial charge is 0.463 e. The van der Waals surface area contributed by atoms with Crippen molar-refractivity contribution in [2.75, 3.05) is 13.2 Å². The van der Waals surface area contributed by atoms with Gasteiger partial charge in [-0.3, -0.25) is 0 Å². The van der Waals surface area contributed by atoms with E-state index in [2.05, 4.69) is 21.1 Å². The third-order valence-electron chi connectivity index (χ3n) is 1.89. The van der Waals surface area contributed by atoms with Crippen molar-refractivity contribution in [2.45, 2.75) is 32.5 Å². The van der Waals surface area contributed by atoms with E-state index >= 15 is 0 Å². The lowest BCUT2D eigenvalue weighted by atomic mass is 9.96. The van der Waals surface area contributed by atoms with Crippen molar-refractivity contribution in [2.24, 2.45) is 0 Å². The number of carbonyl (C=O) groups excluding carboxylic acids is 1. The molecule has 0 radical (unpaired) electrons. The summed E-state index contributed by atoms with van der Waals surface area (Å²) >= 11 is 0. The highest BCUT2D eigenvalue weighted by molar-refractivity contribution is 5.83.